The second kappa shape index (κ2) is 8.42. The molecule has 1 unspecified atom stereocenters. The van der Waals surface area contributed by atoms with E-state index in [4.69, 9.17) is 0 Å². The van der Waals surface area contributed by atoms with Gasteiger partial charge in [-0.05, 0) is 23.4 Å². The van der Waals surface area contributed by atoms with Gasteiger partial charge in [0.1, 0.15) is 0 Å². The highest BCUT2D eigenvalue weighted by Gasteiger charge is 2.22. The Labute approximate surface area is 147 Å². The van der Waals surface area contributed by atoms with Crippen molar-refractivity contribution in [3.63, 3.8) is 0 Å². The van der Waals surface area contributed by atoms with Crippen molar-refractivity contribution in [1.82, 2.24) is 9.80 Å². The Morgan fingerprint density at radius 2 is 1.83 bits per heavy atom. The topological polar surface area (TPSA) is 43.8 Å². The van der Waals surface area contributed by atoms with Crippen LogP contribution < -0.4 is 0 Å². The average Bonchev–Trinajstić information content (AvgIpc) is 3.14. The minimum Gasteiger partial charge on any atom is -0.387 e. The van der Waals surface area contributed by atoms with Crippen molar-refractivity contribution in [2.24, 2.45) is 0 Å². The van der Waals surface area contributed by atoms with E-state index in [1.807, 2.05) is 41.3 Å². The van der Waals surface area contributed by atoms with Crippen molar-refractivity contribution < 1.29 is 9.90 Å². The van der Waals surface area contributed by atoms with Gasteiger partial charge in [0.15, 0.2) is 0 Å². The Bertz CT molecular complexity index is 622. The molecule has 1 aromatic heterocycles. The third-order valence-electron chi connectivity index (χ3n) is 4.51. The van der Waals surface area contributed by atoms with Gasteiger partial charge in [0.2, 0.25) is 5.91 Å². The summed E-state index contributed by atoms with van der Waals surface area (Å²) in [5.74, 6) is 0.242. The van der Waals surface area contributed by atoms with Crippen LogP contribution in [-0.2, 0) is 11.2 Å². The molecular weight excluding hydrogens is 320 g/mol. The maximum Gasteiger partial charge on any atom is 0.223 e. The average molecular weight is 344 g/mol. The molecule has 3 rings (SSSR count). The summed E-state index contributed by atoms with van der Waals surface area (Å²) in [7, 11) is 0. The van der Waals surface area contributed by atoms with Crippen molar-refractivity contribution in [2.75, 3.05) is 32.7 Å². The minimum absolute atomic E-state index is 0.242. The molecule has 1 aliphatic heterocycles. The molecule has 1 N–H and O–H groups in total. The van der Waals surface area contributed by atoms with Gasteiger partial charge in [0.05, 0.1) is 6.10 Å². The van der Waals surface area contributed by atoms with Crippen LogP contribution in [0.2, 0.25) is 0 Å². The predicted molar refractivity (Wildman–Crippen MR) is 97.1 cm³/mol. The molecule has 4 nitrogen and oxygen atoms in total. The van der Waals surface area contributed by atoms with Gasteiger partial charge in [0, 0.05) is 44.0 Å². The smallest absolute Gasteiger partial charge is 0.223 e. The summed E-state index contributed by atoms with van der Waals surface area (Å²) in [5, 5.41) is 12.4. The molecular formula is C19H24N2O2S. The number of hydrogen-bond donors (Lipinski definition) is 1. The van der Waals surface area contributed by atoms with Crippen molar-refractivity contribution in [2.45, 2.75) is 18.9 Å². The molecule has 24 heavy (non-hydrogen) atoms. The Hall–Kier alpha value is -1.69. The van der Waals surface area contributed by atoms with Crippen molar-refractivity contribution in [1.29, 1.82) is 0 Å². The van der Waals surface area contributed by atoms with Crippen LogP contribution in [0.25, 0.3) is 0 Å². The van der Waals surface area contributed by atoms with E-state index in [2.05, 4.69) is 16.3 Å². The van der Waals surface area contributed by atoms with Crippen molar-refractivity contribution in [3.8, 4) is 0 Å². The van der Waals surface area contributed by atoms with Gasteiger partial charge >= 0.3 is 0 Å². The van der Waals surface area contributed by atoms with Crippen LogP contribution in [0, 0.1) is 0 Å². The highest BCUT2D eigenvalue weighted by atomic mass is 32.1. The van der Waals surface area contributed by atoms with E-state index in [1.165, 1.54) is 4.88 Å². The number of β-amino-alcohol motifs (C(OH)–C–C–N with tert-alkyl or cyclic N) is 1. The molecule has 0 bridgehead atoms. The van der Waals surface area contributed by atoms with Crippen LogP contribution in [-0.4, -0.2) is 53.5 Å². The molecule has 1 saturated heterocycles. The molecule has 1 atom stereocenters. The Kier molecular flexibility index (Phi) is 6.01. The molecule has 1 aliphatic rings. The Morgan fingerprint density at radius 3 is 2.50 bits per heavy atom. The number of aryl methyl sites for hydroxylation is 1. The van der Waals surface area contributed by atoms with E-state index in [0.717, 1.165) is 38.2 Å². The summed E-state index contributed by atoms with van der Waals surface area (Å²) >= 11 is 1.71. The number of aliphatic hydroxyl groups excluding tert-OH is 1. The van der Waals surface area contributed by atoms with Gasteiger partial charge in [-0.1, -0.05) is 36.4 Å². The number of rotatable bonds is 6. The molecule has 2 heterocycles. The maximum absolute atomic E-state index is 12.3. The number of carbonyl (C=O) groups excluding carboxylic acids is 1. The first-order valence-corrected chi connectivity index (χ1v) is 9.36. The van der Waals surface area contributed by atoms with E-state index < -0.39 is 6.10 Å². The Morgan fingerprint density at radius 1 is 1.08 bits per heavy atom. The summed E-state index contributed by atoms with van der Waals surface area (Å²) in [6, 6.07) is 13.9. The molecule has 128 valence electrons. The number of hydrogen-bond acceptors (Lipinski definition) is 4. The zero-order valence-corrected chi connectivity index (χ0v) is 14.6. The number of aliphatic hydroxyl groups is 1. The van der Waals surface area contributed by atoms with Crippen LogP contribution >= 0.6 is 11.3 Å². The summed E-state index contributed by atoms with van der Waals surface area (Å²) < 4.78 is 0. The first kappa shape index (κ1) is 17.1. The number of piperazine rings is 1. The maximum atomic E-state index is 12.3. The number of thiophene rings is 1. The quantitative estimate of drug-likeness (QED) is 0.876. The SMILES string of the molecule is O=C(CCc1cccs1)N1CCN(CC(O)c2ccccc2)CC1. The molecule has 5 heteroatoms. The van der Waals surface area contributed by atoms with E-state index in [9.17, 15) is 9.90 Å². The summed E-state index contributed by atoms with van der Waals surface area (Å²) in [6.07, 6.45) is 0.962. The lowest BCUT2D eigenvalue weighted by atomic mass is 10.1. The standard InChI is InChI=1S/C19H24N2O2S/c22-18(16-5-2-1-3-6-16)15-20-10-12-21(13-11-20)19(23)9-8-17-7-4-14-24-17/h1-7,14,18,22H,8-13,15H2. The third-order valence-corrected chi connectivity index (χ3v) is 5.44. The molecule has 2 aromatic rings. The normalized spacial score (nSPS) is 17.0. The van der Waals surface area contributed by atoms with E-state index in [1.54, 1.807) is 11.3 Å². The van der Waals surface area contributed by atoms with Crippen molar-refractivity contribution >= 4 is 17.2 Å². The summed E-state index contributed by atoms with van der Waals surface area (Å²) in [5.41, 5.74) is 0.951. The van der Waals surface area contributed by atoms with Crippen LogP contribution in [0.15, 0.2) is 47.8 Å². The van der Waals surface area contributed by atoms with Gasteiger partial charge in [-0.3, -0.25) is 9.69 Å². The second-order valence-electron chi connectivity index (χ2n) is 6.19. The summed E-state index contributed by atoms with van der Waals surface area (Å²) in [6.45, 7) is 3.79. The first-order valence-electron chi connectivity index (χ1n) is 8.48. The van der Waals surface area contributed by atoms with Gasteiger partial charge < -0.3 is 10.0 Å². The van der Waals surface area contributed by atoms with Crippen LogP contribution in [0.3, 0.4) is 0 Å². The van der Waals surface area contributed by atoms with Gasteiger partial charge in [-0.25, -0.2) is 0 Å². The van der Waals surface area contributed by atoms with Gasteiger partial charge in [-0.15, -0.1) is 11.3 Å². The third kappa shape index (κ3) is 4.66. The number of nitrogens with zero attached hydrogens (tertiary/aromatic N) is 2. The fourth-order valence-corrected chi connectivity index (χ4v) is 3.76. The predicted octanol–water partition coefficient (Wildman–Crippen LogP) is 2.56. The zero-order valence-electron chi connectivity index (χ0n) is 13.8. The molecule has 1 aromatic carbocycles. The lowest BCUT2D eigenvalue weighted by Gasteiger charge is -2.35. The van der Waals surface area contributed by atoms with Crippen LogP contribution in [0.1, 0.15) is 23.0 Å². The highest BCUT2D eigenvalue weighted by Crippen LogP contribution is 2.16. The molecule has 0 radical (unpaired) electrons. The van der Waals surface area contributed by atoms with Crippen LogP contribution in [0.4, 0.5) is 0 Å². The van der Waals surface area contributed by atoms with Crippen molar-refractivity contribution in [3.05, 3.63) is 58.3 Å². The fourth-order valence-electron chi connectivity index (χ4n) is 3.05. The van der Waals surface area contributed by atoms with Gasteiger partial charge in [-0.2, -0.15) is 0 Å². The van der Waals surface area contributed by atoms with Gasteiger partial charge in [0.25, 0.3) is 0 Å². The lowest BCUT2D eigenvalue weighted by Crippen LogP contribution is -2.49. The van der Waals surface area contributed by atoms with E-state index in [0.29, 0.717) is 13.0 Å². The molecule has 1 amide bonds. The van der Waals surface area contributed by atoms with E-state index in [-0.39, 0.29) is 5.91 Å². The monoisotopic (exact) mass is 344 g/mol. The largest absolute Gasteiger partial charge is 0.387 e. The zero-order chi connectivity index (χ0) is 16.8. The molecule has 0 spiro atoms. The number of benzene rings is 1. The van der Waals surface area contributed by atoms with Crippen LogP contribution in [0.5, 0.6) is 0 Å². The molecule has 0 aliphatic carbocycles. The highest BCUT2D eigenvalue weighted by molar-refractivity contribution is 7.09. The van der Waals surface area contributed by atoms with E-state index >= 15 is 0 Å². The molecule has 1 fully saturated rings. The lowest BCUT2D eigenvalue weighted by molar-refractivity contribution is -0.133. The summed E-state index contributed by atoms with van der Waals surface area (Å²) in [4.78, 5) is 17.8. The Balaban J connectivity index is 1.41. The number of carbonyl (C=O) groups is 1. The fraction of sp³-hybridized carbons (Fsp3) is 0.421. The first-order chi connectivity index (χ1) is 11.7. The minimum atomic E-state index is -0.465. The molecule has 0 saturated carbocycles. The second-order valence-corrected chi connectivity index (χ2v) is 7.22. The number of amides is 1.